The first kappa shape index (κ1) is 22.6. The van der Waals surface area contributed by atoms with Crippen LogP contribution in [-0.2, 0) is 17.9 Å². The molecule has 1 amide bonds. The van der Waals surface area contributed by atoms with Gasteiger partial charge < -0.3 is 19.7 Å². The van der Waals surface area contributed by atoms with Crippen molar-refractivity contribution in [1.82, 2.24) is 5.32 Å². The van der Waals surface area contributed by atoms with Crippen molar-refractivity contribution in [3.63, 3.8) is 0 Å². The second-order valence-corrected chi connectivity index (χ2v) is 8.21. The molecule has 1 aliphatic heterocycles. The predicted octanol–water partition coefficient (Wildman–Crippen LogP) is 5.01. The molecule has 5 nitrogen and oxygen atoms in total. The van der Waals surface area contributed by atoms with Gasteiger partial charge in [-0.1, -0.05) is 48.0 Å². The van der Waals surface area contributed by atoms with Gasteiger partial charge in [-0.2, -0.15) is 0 Å². The first-order chi connectivity index (χ1) is 16.0. The number of ether oxygens (including phenoxy) is 2. The molecule has 1 N–H and O–H groups in total. The molecular formula is C27H29FN2O3. The highest BCUT2D eigenvalue weighted by Crippen LogP contribution is 2.36. The number of hydrogen-bond acceptors (Lipinski definition) is 4. The number of nitrogens with one attached hydrogen (secondary N) is 1. The molecule has 0 bridgehead atoms. The molecule has 172 valence electrons. The van der Waals surface area contributed by atoms with Crippen molar-refractivity contribution in [1.29, 1.82) is 0 Å². The monoisotopic (exact) mass is 448 g/mol. The first-order valence-electron chi connectivity index (χ1n) is 11.3. The molecule has 33 heavy (non-hydrogen) atoms. The third-order valence-electron chi connectivity index (χ3n) is 5.75. The van der Waals surface area contributed by atoms with Gasteiger partial charge in [0.05, 0.1) is 24.8 Å². The fraction of sp³-hybridized carbons (Fsp3) is 0.296. The van der Waals surface area contributed by atoms with Gasteiger partial charge >= 0.3 is 0 Å². The number of para-hydroxylation sites is 1. The fourth-order valence-electron chi connectivity index (χ4n) is 4.01. The molecule has 1 heterocycles. The number of amides is 1. The lowest BCUT2D eigenvalue weighted by molar-refractivity contribution is -0.121. The predicted molar refractivity (Wildman–Crippen MR) is 127 cm³/mol. The van der Waals surface area contributed by atoms with Crippen LogP contribution in [0.1, 0.15) is 30.0 Å². The van der Waals surface area contributed by atoms with Gasteiger partial charge in [0.15, 0.2) is 0 Å². The van der Waals surface area contributed by atoms with E-state index in [4.69, 9.17) is 9.47 Å². The standard InChI is InChI=1S/C27H29FN2O3/c1-3-32-25-7-5-4-6-21(25)16-29-27(31)15-23-18-33-26-14-22(28)12-13-24(26)30(23)17-20-10-8-19(2)9-11-20/h4-14,23H,3,15-18H2,1-2H3,(H,29,31)/t23-/m1/s1. The Morgan fingerprint density at radius 3 is 2.73 bits per heavy atom. The van der Waals surface area contributed by atoms with Crippen molar-refractivity contribution < 1.29 is 18.7 Å². The number of halogens is 1. The number of rotatable bonds is 8. The van der Waals surface area contributed by atoms with Gasteiger partial charge in [0.2, 0.25) is 5.91 Å². The summed E-state index contributed by atoms with van der Waals surface area (Å²) in [5.74, 6) is 0.866. The molecular weight excluding hydrogens is 419 g/mol. The van der Waals surface area contributed by atoms with Crippen LogP contribution in [0.2, 0.25) is 0 Å². The van der Waals surface area contributed by atoms with Crippen LogP contribution in [0.5, 0.6) is 11.5 Å². The molecule has 0 fully saturated rings. The SMILES string of the molecule is CCOc1ccccc1CNC(=O)C[C@@H]1COc2cc(F)ccc2N1Cc1ccc(C)cc1. The van der Waals surface area contributed by atoms with E-state index in [0.29, 0.717) is 32.1 Å². The maximum Gasteiger partial charge on any atom is 0.222 e. The average Bonchev–Trinajstić information content (AvgIpc) is 2.81. The van der Waals surface area contributed by atoms with Crippen molar-refractivity contribution in [2.45, 2.75) is 39.4 Å². The van der Waals surface area contributed by atoms with Gasteiger partial charge in [-0.3, -0.25) is 4.79 Å². The quantitative estimate of drug-likeness (QED) is 0.527. The van der Waals surface area contributed by atoms with E-state index in [2.05, 4.69) is 34.5 Å². The Balaban J connectivity index is 1.48. The van der Waals surface area contributed by atoms with Crippen LogP contribution in [0.4, 0.5) is 10.1 Å². The molecule has 0 saturated carbocycles. The largest absolute Gasteiger partial charge is 0.494 e. The Morgan fingerprint density at radius 2 is 1.94 bits per heavy atom. The molecule has 0 spiro atoms. The van der Waals surface area contributed by atoms with Crippen molar-refractivity contribution >= 4 is 11.6 Å². The highest BCUT2D eigenvalue weighted by molar-refractivity contribution is 5.78. The number of hydrogen-bond donors (Lipinski definition) is 1. The van der Waals surface area contributed by atoms with E-state index >= 15 is 0 Å². The van der Waals surface area contributed by atoms with Crippen molar-refractivity contribution in [2.24, 2.45) is 0 Å². The van der Waals surface area contributed by atoms with Gasteiger partial charge in [-0.25, -0.2) is 4.39 Å². The summed E-state index contributed by atoms with van der Waals surface area (Å²) in [4.78, 5) is 15.0. The molecule has 6 heteroatoms. The van der Waals surface area contributed by atoms with Gasteiger partial charge in [0, 0.05) is 24.7 Å². The number of carbonyl (C=O) groups excluding carboxylic acids is 1. The summed E-state index contributed by atoms with van der Waals surface area (Å²) in [6.45, 7) is 5.86. The average molecular weight is 449 g/mol. The molecule has 0 unspecified atom stereocenters. The Kier molecular flexibility index (Phi) is 7.13. The highest BCUT2D eigenvalue weighted by atomic mass is 19.1. The Morgan fingerprint density at radius 1 is 1.15 bits per heavy atom. The van der Waals surface area contributed by atoms with E-state index in [-0.39, 0.29) is 24.2 Å². The molecule has 1 atom stereocenters. The van der Waals surface area contributed by atoms with E-state index < -0.39 is 0 Å². The molecule has 4 rings (SSSR count). The van der Waals surface area contributed by atoms with Crippen LogP contribution in [0.15, 0.2) is 66.7 Å². The Hall–Kier alpha value is -3.54. The molecule has 0 radical (unpaired) electrons. The molecule has 1 aliphatic rings. The molecule has 0 aliphatic carbocycles. The van der Waals surface area contributed by atoms with Gasteiger partial charge in [-0.15, -0.1) is 0 Å². The Labute approximate surface area is 194 Å². The lowest BCUT2D eigenvalue weighted by atomic mass is 10.1. The molecule has 3 aromatic carbocycles. The number of aryl methyl sites for hydroxylation is 1. The van der Waals surface area contributed by atoms with E-state index in [1.165, 1.54) is 17.7 Å². The zero-order valence-corrected chi connectivity index (χ0v) is 19.0. The third-order valence-corrected chi connectivity index (χ3v) is 5.75. The van der Waals surface area contributed by atoms with Crippen LogP contribution < -0.4 is 19.7 Å². The number of fused-ring (bicyclic) bond motifs is 1. The van der Waals surface area contributed by atoms with E-state index in [1.807, 2.05) is 38.1 Å². The summed E-state index contributed by atoms with van der Waals surface area (Å²) < 4.78 is 25.3. The molecule has 3 aromatic rings. The zero-order valence-electron chi connectivity index (χ0n) is 19.0. The number of nitrogens with zero attached hydrogens (tertiary/aromatic N) is 1. The van der Waals surface area contributed by atoms with E-state index in [0.717, 1.165) is 22.6 Å². The van der Waals surface area contributed by atoms with E-state index in [9.17, 15) is 9.18 Å². The maximum atomic E-state index is 13.8. The number of anilines is 1. The second-order valence-electron chi connectivity index (χ2n) is 8.21. The summed E-state index contributed by atoms with van der Waals surface area (Å²) in [6, 6.07) is 20.4. The van der Waals surface area contributed by atoms with Crippen LogP contribution in [0.25, 0.3) is 0 Å². The third kappa shape index (κ3) is 5.64. The maximum absolute atomic E-state index is 13.8. The Bertz CT molecular complexity index is 1100. The normalized spacial score (nSPS) is 14.9. The molecule has 0 aromatic heterocycles. The van der Waals surface area contributed by atoms with Crippen molar-refractivity contribution in [3.05, 3.63) is 89.2 Å². The number of carbonyl (C=O) groups is 1. The minimum Gasteiger partial charge on any atom is -0.494 e. The van der Waals surface area contributed by atoms with Crippen LogP contribution in [-0.4, -0.2) is 25.2 Å². The number of benzene rings is 3. The van der Waals surface area contributed by atoms with Crippen LogP contribution in [0.3, 0.4) is 0 Å². The van der Waals surface area contributed by atoms with Gasteiger partial charge in [0.25, 0.3) is 0 Å². The second kappa shape index (κ2) is 10.4. The van der Waals surface area contributed by atoms with Gasteiger partial charge in [-0.05, 0) is 37.6 Å². The van der Waals surface area contributed by atoms with E-state index in [1.54, 1.807) is 6.07 Å². The highest BCUT2D eigenvalue weighted by Gasteiger charge is 2.30. The topological polar surface area (TPSA) is 50.8 Å². The first-order valence-corrected chi connectivity index (χ1v) is 11.3. The smallest absolute Gasteiger partial charge is 0.222 e. The lowest BCUT2D eigenvalue weighted by Crippen LogP contribution is -2.45. The van der Waals surface area contributed by atoms with Crippen molar-refractivity contribution in [2.75, 3.05) is 18.1 Å². The summed E-state index contributed by atoms with van der Waals surface area (Å²) in [6.07, 6.45) is 0.263. The minimum absolute atomic E-state index is 0.0747. The summed E-state index contributed by atoms with van der Waals surface area (Å²) >= 11 is 0. The summed E-state index contributed by atoms with van der Waals surface area (Å²) in [5, 5.41) is 3.01. The lowest BCUT2D eigenvalue weighted by Gasteiger charge is -2.38. The van der Waals surface area contributed by atoms with Gasteiger partial charge in [0.1, 0.15) is 23.9 Å². The zero-order chi connectivity index (χ0) is 23.2. The summed E-state index contributed by atoms with van der Waals surface area (Å²) in [7, 11) is 0. The molecule has 0 saturated heterocycles. The van der Waals surface area contributed by atoms with Crippen LogP contribution >= 0.6 is 0 Å². The van der Waals surface area contributed by atoms with Crippen LogP contribution in [0, 0.1) is 12.7 Å². The summed E-state index contributed by atoms with van der Waals surface area (Å²) in [5.41, 5.74) is 4.04. The van der Waals surface area contributed by atoms with Crippen molar-refractivity contribution in [3.8, 4) is 11.5 Å². The fourth-order valence-corrected chi connectivity index (χ4v) is 4.01. The minimum atomic E-state index is -0.340.